The summed E-state index contributed by atoms with van der Waals surface area (Å²) in [6.07, 6.45) is 5.36. The Morgan fingerprint density at radius 2 is 2.07 bits per heavy atom. The summed E-state index contributed by atoms with van der Waals surface area (Å²) in [6.45, 7) is -0.332. The number of benzene rings is 1. The van der Waals surface area contributed by atoms with Gasteiger partial charge in [0.05, 0.1) is 17.8 Å². The van der Waals surface area contributed by atoms with Crippen LogP contribution in [0.1, 0.15) is 5.69 Å². The van der Waals surface area contributed by atoms with Gasteiger partial charge in [-0.3, -0.25) is 14.6 Å². The number of nitrogens with one attached hydrogen (secondary N) is 1. The first-order valence-corrected chi connectivity index (χ1v) is 10.2. The van der Waals surface area contributed by atoms with Crippen molar-refractivity contribution in [3.05, 3.63) is 59.9 Å². The first kappa shape index (κ1) is 19.1. The molecule has 8 heteroatoms. The fraction of sp³-hybridized carbons (Fsp3) is 0.158. The van der Waals surface area contributed by atoms with Gasteiger partial charge in [-0.1, -0.05) is 12.1 Å². The van der Waals surface area contributed by atoms with Crippen molar-refractivity contribution in [2.45, 2.75) is 11.3 Å². The van der Waals surface area contributed by atoms with E-state index in [4.69, 9.17) is 4.74 Å². The van der Waals surface area contributed by atoms with Gasteiger partial charge in [-0.15, -0.1) is 23.1 Å². The largest absolute Gasteiger partial charge is 0.455 e. The predicted molar refractivity (Wildman–Crippen MR) is 107 cm³/mol. The van der Waals surface area contributed by atoms with Crippen molar-refractivity contribution in [1.82, 2.24) is 9.97 Å². The smallest absolute Gasteiger partial charge is 0.312 e. The fourth-order valence-corrected chi connectivity index (χ4v) is 3.65. The molecule has 0 fully saturated rings. The molecule has 0 radical (unpaired) electrons. The third-order valence-corrected chi connectivity index (χ3v) is 5.27. The summed E-state index contributed by atoms with van der Waals surface area (Å²) < 4.78 is 5.06. The molecular formula is C19H17N3O3S2. The van der Waals surface area contributed by atoms with Crippen LogP contribution in [0.4, 0.5) is 5.69 Å². The Kier molecular flexibility index (Phi) is 6.56. The van der Waals surface area contributed by atoms with Crippen molar-refractivity contribution in [2.75, 3.05) is 18.2 Å². The van der Waals surface area contributed by atoms with E-state index in [1.54, 1.807) is 23.8 Å². The normalized spacial score (nSPS) is 10.4. The molecule has 0 spiro atoms. The zero-order chi connectivity index (χ0) is 19.1. The minimum atomic E-state index is -0.494. The summed E-state index contributed by atoms with van der Waals surface area (Å²) in [5, 5.41) is 5.34. The molecule has 2 heterocycles. The molecule has 0 aliphatic heterocycles. The summed E-state index contributed by atoms with van der Waals surface area (Å²) in [7, 11) is 0. The number of para-hydroxylation sites is 1. The molecule has 138 valence electrons. The van der Waals surface area contributed by atoms with Crippen LogP contribution >= 0.6 is 23.1 Å². The lowest BCUT2D eigenvalue weighted by Crippen LogP contribution is -2.22. The maximum absolute atomic E-state index is 12.0. The van der Waals surface area contributed by atoms with Crippen LogP contribution in [0.2, 0.25) is 0 Å². The van der Waals surface area contributed by atoms with Crippen molar-refractivity contribution >= 4 is 40.7 Å². The van der Waals surface area contributed by atoms with E-state index in [0.29, 0.717) is 11.4 Å². The highest BCUT2D eigenvalue weighted by Crippen LogP contribution is 2.24. The number of pyridine rings is 1. The van der Waals surface area contributed by atoms with Crippen molar-refractivity contribution in [3.63, 3.8) is 0 Å². The Morgan fingerprint density at radius 3 is 2.85 bits per heavy atom. The molecule has 0 aliphatic carbocycles. The second-order valence-corrected chi connectivity index (χ2v) is 7.18. The van der Waals surface area contributed by atoms with Crippen molar-refractivity contribution in [2.24, 2.45) is 0 Å². The topological polar surface area (TPSA) is 81.2 Å². The van der Waals surface area contributed by atoms with Crippen LogP contribution in [0.3, 0.4) is 0 Å². The highest BCUT2D eigenvalue weighted by molar-refractivity contribution is 7.98. The maximum Gasteiger partial charge on any atom is 0.312 e. The SMILES string of the molecule is CSc1ccccc1NC(=O)COC(=O)Cc1csc(-c2cccnc2)n1. The van der Waals surface area contributed by atoms with Gasteiger partial charge in [0.1, 0.15) is 5.01 Å². The number of ether oxygens (including phenoxy) is 1. The first-order chi connectivity index (χ1) is 13.2. The summed E-state index contributed by atoms with van der Waals surface area (Å²) in [5.41, 5.74) is 2.21. The second-order valence-electron chi connectivity index (χ2n) is 5.47. The lowest BCUT2D eigenvalue weighted by atomic mass is 10.3. The van der Waals surface area contributed by atoms with Crippen LogP contribution in [0.5, 0.6) is 0 Å². The monoisotopic (exact) mass is 399 g/mol. The van der Waals surface area contributed by atoms with E-state index in [9.17, 15) is 9.59 Å². The third kappa shape index (κ3) is 5.38. The molecule has 2 aromatic heterocycles. The molecular weight excluding hydrogens is 382 g/mol. The van der Waals surface area contributed by atoms with E-state index in [-0.39, 0.29) is 18.9 Å². The number of nitrogens with zero attached hydrogens (tertiary/aromatic N) is 2. The van der Waals surface area contributed by atoms with Gasteiger partial charge in [0.15, 0.2) is 6.61 Å². The van der Waals surface area contributed by atoms with Crippen LogP contribution in [0.15, 0.2) is 59.1 Å². The average molecular weight is 399 g/mol. The van der Waals surface area contributed by atoms with E-state index in [0.717, 1.165) is 15.5 Å². The van der Waals surface area contributed by atoms with Gasteiger partial charge in [-0.25, -0.2) is 4.98 Å². The minimum Gasteiger partial charge on any atom is -0.455 e. The Morgan fingerprint density at radius 1 is 1.22 bits per heavy atom. The molecule has 1 N–H and O–H groups in total. The Labute approximate surface area is 165 Å². The Bertz CT molecular complexity index is 929. The van der Waals surface area contributed by atoms with Gasteiger partial charge >= 0.3 is 5.97 Å². The highest BCUT2D eigenvalue weighted by atomic mass is 32.2. The van der Waals surface area contributed by atoms with Gasteiger partial charge in [-0.05, 0) is 30.5 Å². The summed E-state index contributed by atoms with van der Waals surface area (Å²) in [5.74, 6) is -0.870. The van der Waals surface area contributed by atoms with E-state index in [1.807, 2.05) is 36.6 Å². The molecule has 0 unspecified atom stereocenters. The lowest BCUT2D eigenvalue weighted by Gasteiger charge is -2.09. The van der Waals surface area contributed by atoms with Crippen LogP contribution in [-0.4, -0.2) is 34.7 Å². The molecule has 27 heavy (non-hydrogen) atoms. The van der Waals surface area contributed by atoms with Crippen molar-refractivity contribution in [1.29, 1.82) is 0 Å². The van der Waals surface area contributed by atoms with Crippen molar-refractivity contribution in [3.8, 4) is 10.6 Å². The van der Waals surface area contributed by atoms with Crippen LogP contribution in [0, 0.1) is 0 Å². The van der Waals surface area contributed by atoms with E-state index in [2.05, 4.69) is 15.3 Å². The van der Waals surface area contributed by atoms with Gasteiger partial charge < -0.3 is 10.1 Å². The molecule has 0 bridgehead atoms. The summed E-state index contributed by atoms with van der Waals surface area (Å²) in [6, 6.07) is 11.2. The van der Waals surface area contributed by atoms with Gasteiger partial charge in [0, 0.05) is 28.2 Å². The summed E-state index contributed by atoms with van der Waals surface area (Å²) >= 11 is 2.96. The van der Waals surface area contributed by atoms with E-state index >= 15 is 0 Å². The molecule has 6 nitrogen and oxygen atoms in total. The molecule has 1 amide bonds. The molecule has 0 atom stereocenters. The molecule has 0 saturated carbocycles. The standard InChI is InChI=1S/C19H17N3O3S2/c1-26-16-7-3-2-6-15(16)22-17(23)11-25-18(24)9-14-12-27-19(21-14)13-5-4-8-20-10-13/h2-8,10,12H,9,11H2,1H3,(H,22,23). The number of rotatable bonds is 7. The van der Waals surface area contributed by atoms with Gasteiger partial charge in [0.2, 0.25) is 0 Å². The average Bonchev–Trinajstić information content (AvgIpc) is 3.16. The molecule has 3 aromatic rings. The number of hydrogen-bond donors (Lipinski definition) is 1. The zero-order valence-corrected chi connectivity index (χ0v) is 16.2. The number of carbonyl (C=O) groups excluding carboxylic acids is 2. The number of thioether (sulfide) groups is 1. The number of hydrogen-bond acceptors (Lipinski definition) is 7. The van der Waals surface area contributed by atoms with Gasteiger partial charge in [-0.2, -0.15) is 0 Å². The molecule has 1 aromatic carbocycles. The number of aromatic nitrogens is 2. The predicted octanol–water partition coefficient (Wildman–Crippen LogP) is 3.65. The molecule has 0 aliphatic rings. The number of carbonyl (C=O) groups is 2. The fourth-order valence-electron chi connectivity index (χ4n) is 2.29. The van der Waals surface area contributed by atoms with Crippen LogP contribution < -0.4 is 5.32 Å². The molecule has 3 rings (SSSR count). The van der Waals surface area contributed by atoms with Gasteiger partial charge in [0.25, 0.3) is 5.91 Å². The number of thiazole rings is 1. The first-order valence-electron chi connectivity index (χ1n) is 8.09. The highest BCUT2D eigenvalue weighted by Gasteiger charge is 2.13. The van der Waals surface area contributed by atoms with Crippen LogP contribution in [0.25, 0.3) is 10.6 Å². The zero-order valence-electron chi connectivity index (χ0n) is 14.5. The van der Waals surface area contributed by atoms with Crippen molar-refractivity contribution < 1.29 is 14.3 Å². The Balaban J connectivity index is 1.50. The molecule has 0 saturated heterocycles. The van der Waals surface area contributed by atoms with E-state index in [1.165, 1.54) is 23.1 Å². The second kappa shape index (κ2) is 9.29. The minimum absolute atomic E-state index is 0.0193. The number of esters is 1. The Hall–Kier alpha value is -2.71. The van der Waals surface area contributed by atoms with Crippen LogP contribution in [-0.2, 0) is 20.7 Å². The quantitative estimate of drug-likeness (QED) is 0.482. The number of amides is 1. The lowest BCUT2D eigenvalue weighted by molar-refractivity contribution is -0.146. The number of anilines is 1. The van der Waals surface area contributed by atoms with E-state index < -0.39 is 5.97 Å². The maximum atomic E-state index is 12.0. The third-order valence-electron chi connectivity index (χ3n) is 3.53. The summed E-state index contributed by atoms with van der Waals surface area (Å²) in [4.78, 5) is 33.4.